The number of carbonyl (C=O) groups excluding carboxylic acids is 1. The molecular weight excluding hydrogens is 304 g/mol. The smallest absolute Gasteiger partial charge is 0.224 e. The molecule has 2 aliphatic heterocycles. The highest BCUT2D eigenvalue weighted by Crippen LogP contribution is 2.20. The van der Waals surface area contributed by atoms with Crippen LogP contribution >= 0.6 is 0 Å². The highest BCUT2D eigenvalue weighted by Gasteiger charge is 2.31. The van der Waals surface area contributed by atoms with E-state index in [1.807, 2.05) is 6.20 Å². The Balaban J connectivity index is 1.58. The normalized spacial score (nSPS) is 26.4. The summed E-state index contributed by atoms with van der Waals surface area (Å²) in [6.07, 6.45) is 8.14. The Bertz CT molecular complexity index is 655. The average molecular weight is 326 g/mol. The lowest BCUT2D eigenvalue weighted by molar-refractivity contribution is -0.127. The van der Waals surface area contributed by atoms with Crippen LogP contribution in [0.15, 0.2) is 12.4 Å². The predicted octanol–water partition coefficient (Wildman–Crippen LogP) is -0.0143. The van der Waals surface area contributed by atoms with Crippen molar-refractivity contribution in [2.24, 2.45) is 5.92 Å². The Kier molecular flexibility index (Phi) is 4.22. The van der Waals surface area contributed by atoms with Crippen molar-refractivity contribution >= 4 is 15.9 Å². The second-order valence-electron chi connectivity index (χ2n) is 6.20. The summed E-state index contributed by atoms with van der Waals surface area (Å²) in [6, 6.07) is 0.0998. The maximum atomic E-state index is 12.4. The molecule has 0 aromatic carbocycles. The van der Waals surface area contributed by atoms with Gasteiger partial charge in [0.05, 0.1) is 12.2 Å². The number of fused-ring (bicyclic) bond motifs is 1. The van der Waals surface area contributed by atoms with Crippen molar-refractivity contribution in [3.05, 3.63) is 18.2 Å². The lowest BCUT2D eigenvalue weighted by atomic mass is 9.97. The molecule has 1 amide bonds. The second-order valence-corrected chi connectivity index (χ2v) is 8.18. The number of rotatable bonds is 3. The summed E-state index contributed by atoms with van der Waals surface area (Å²) in [5, 5.41) is 3.08. The molecule has 2 unspecified atom stereocenters. The number of hydrogen-bond donors (Lipinski definition) is 1. The maximum Gasteiger partial charge on any atom is 0.224 e. The summed E-state index contributed by atoms with van der Waals surface area (Å²) in [5.74, 6) is 0.793. The molecular formula is C14H22N4O3S. The number of amides is 1. The summed E-state index contributed by atoms with van der Waals surface area (Å²) in [7, 11) is -3.22. The van der Waals surface area contributed by atoms with Gasteiger partial charge in [-0.2, -0.15) is 0 Å². The minimum absolute atomic E-state index is 0.0260. The van der Waals surface area contributed by atoms with Crippen molar-refractivity contribution in [1.29, 1.82) is 0 Å². The van der Waals surface area contributed by atoms with Crippen molar-refractivity contribution in [1.82, 2.24) is 19.2 Å². The van der Waals surface area contributed by atoms with Crippen molar-refractivity contribution in [2.75, 3.05) is 19.3 Å². The van der Waals surface area contributed by atoms with Crippen LogP contribution in [0.3, 0.4) is 0 Å². The number of nitrogens with one attached hydrogen (secondary N) is 1. The number of carbonyl (C=O) groups is 1. The molecule has 2 atom stereocenters. The van der Waals surface area contributed by atoms with E-state index in [1.165, 1.54) is 10.6 Å². The van der Waals surface area contributed by atoms with Crippen molar-refractivity contribution < 1.29 is 13.2 Å². The molecule has 22 heavy (non-hydrogen) atoms. The minimum atomic E-state index is -3.22. The van der Waals surface area contributed by atoms with E-state index in [0.29, 0.717) is 13.1 Å². The third-order valence-corrected chi connectivity index (χ3v) is 5.78. The van der Waals surface area contributed by atoms with Gasteiger partial charge in [0, 0.05) is 44.5 Å². The highest BCUT2D eigenvalue weighted by atomic mass is 32.2. The van der Waals surface area contributed by atoms with Gasteiger partial charge >= 0.3 is 0 Å². The zero-order valence-corrected chi connectivity index (χ0v) is 13.6. The van der Waals surface area contributed by atoms with Gasteiger partial charge in [0.2, 0.25) is 15.9 Å². The molecule has 0 saturated carbocycles. The second kappa shape index (κ2) is 6.00. The molecule has 1 fully saturated rings. The van der Waals surface area contributed by atoms with Crippen LogP contribution in [-0.4, -0.2) is 53.6 Å². The topological polar surface area (TPSA) is 84.3 Å². The van der Waals surface area contributed by atoms with Crippen LogP contribution in [0.25, 0.3) is 0 Å². The van der Waals surface area contributed by atoms with Gasteiger partial charge in [-0.3, -0.25) is 4.79 Å². The molecule has 0 bridgehead atoms. The number of imidazole rings is 1. The summed E-state index contributed by atoms with van der Waals surface area (Å²) in [6.45, 7) is 1.56. The van der Waals surface area contributed by atoms with Gasteiger partial charge in [0.15, 0.2) is 0 Å². The van der Waals surface area contributed by atoms with E-state index in [9.17, 15) is 13.2 Å². The third kappa shape index (κ3) is 3.33. The number of hydrogen-bond acceptors (Lipinski definition) is 4. The number of piperidine rings is 1. The Morgan fingerprint density at radius 1 is 1.36 bits per heavy atom. The van der Waals surface area contributed by atoms with Crippen LogP contribution in [0, 0.1) is 5.92 Å². The molecule has 0 spiro atoms. The number of aromatic nitrogens is 2. The summed E-state index contributed by atoms with van der Waals surface area (Å²) in [4.78, 5) is 16.7. The molecule has 2 aliphatic rings. The van der Waals surface area contributed by atoms with Gasteiger partial charge in [-0.1, -0.05) is 0 Å². The lowest BCUT2D eigenvalue weighted by Gasteiger charge is -2.32. The summed E-state index contributed by atoms with van der Waals surface area (Å²) in [5.41, 5.74) is 0. The quantitative estimate of drug-likeness (QED) is 0.846. The first kappa shape index (κ1) is 15.5. The van der Waals surface area contributed by atoms with Crippen molar-refractivity contribution in [3.63, 3.8) is 0 Å². The van der Waals surface area contributed by atoms with E-state index < -0.39 is 10.0 Å². The van der Waals surface area contributed by atoms with Gasteiger partial charge in [-0.25, -0.2) is 17.7 Å². The Morgan fingerprint density at radius 3 is 2.95 bits per heavy atom. The molecule has 1 N–H and O–H groups in total. The molecule has 7 nitrogen and oxygen atoms in total. The number of sulfonamides is 1. The Labute approximate surface area is 130 Å². The molecule has 122 valence electrons. The van der Waals surface area contributed by atoms with Crippen LogP contribution in [-0.2, 0) is 27.8 Å². The average Bonchev–Trinajstić information content (AvgIpc) is 2.94. The van der Waals surface area contributed by atoms with Gasteiger partial charge in [-0.05, 0) is 19.3 Å². The highest BCUT2D eigenvalue weighted by molar-refractivity contribution is 7.88. The molecule has 1 saturated heterocycles. The largest absolute Gasteiger partial charge is 0.351 e. The predicted molar refractivity (Wildman–Crippen MR) is 81.6 cm³/mol. The van der Waals surface area contributed by atoms with Crippen LogP contribution in [0.2, 0.25) is 0 Å². The van der Waals surface area contributed by atoms with Crippen molar-refractivity contribution in [3.8, 4) is 0 Å². The fourth-order valence-corrected chi connectivity index (χ4v) is 4.17. The Morgan fingerprint density at radius 2 is 2.18 bits per heavy atom. The fourth-order valence-electron chi connectivity index (χ4n) is 3.26. The SMILES string of the molecule is CS(=O)(=O)N1CCCC(C(=O)NC2CCc3nccn3C2)C1. The molecule has 1 aromatic heterocycles. The first-order valence-corrected chi connectivity index (χ1v) is 9.54. The van der Waals surface area contributed by atoms with Gasteiger partial charge in [0.25, 0.3) is 0 Å². The maximum absolute atomic E-state index is 12.4. The fraction of sp³-hybridized carbons (Fsp3) is 0.714. The molecule has 8 heteroatoms. The van der Waals surface area contributed by atoms with E-state index in [1.54, 1.807) is 6.20 Å². The van der Waals surface area contributed by atoms with Crippen LogP contribution in [0.5, 0.6) is 0 Å². The Hall–Kier alpha value is -1.41. The standard InChI is InChI=1S/C14H22N4O3S/c1-22(20,21)18-7-2-3-11(9-18)14(19)16-12-4-5-13-15-6-8-17(13)10-12/h6,8,11-12H,2-5,7,9-10H2,1H3,(H,16,19). The van der Waals surface area contributed by atoms with Gasteiger partial charge in [0.1, 0.15) is 5.82 Å². The molecule has 0 aliphatic carbocycles. The number of nitrogens with zero attached hydrogens (tertiary/aromatic N) is 3. The van der Waals surface area contributed by atoms with E-state index >= 15 is 0 Å². The van der Waals surface area contributed by atoms with E-state index in [-0.39, 0.29) is 17.9 Å². The molecule has 3 rings (SSSR count). The lowest BCUT2D eigenvalue weighted by Crippen LogP contribution is -2.49. The van der Waals surface area contributed by atoms with E-state index in [0.717, 1.165) is 38.1 Å². The van der Waals surface area contributed by atoms with Gasteiger partial charge in [-0.15, -0.1) is 0 Å². The number of aryl methyl sites for hydroxylation is 1. The van der Waals surface area contributed by atoms with E-state index in [4.69, 9.17) is 0 Å². The van der Waals surface area contributed by atoms with Gasteiger partial charge < -0.3 is 9.88 Å². The minimum Gasteiger partial charge on any atom is -0.351 e. The van der Waals surface area contributed by atoms with Crippen molar-refractivity contribution in [2.45, 2.75) is 38.3 Å². The first-order valence-electron chi connectivity index (χ1n) is 7.69. The molecule has 1 aromatic rings. The zero-order valence-electron chi connectivity index (χ0n) is 12.7. The molecule has 3 heterocycles. The van der Waals surface area contributed by atoms with Crippen LogP contribution in [0.4, 0.5) is 0 Å². The molecule has 0 radical (unpaired) electrons. The summed E-state index contributed by atoms with van der Waals surface area (Å²) < 4.78 is 26.8. The van der Waals surface area contributed by atoms with E-state index in [2.05, 4.69) is 14.9 Å². The summed E-state index contributed by atoms with van der Waals surface area (Å²) >= 11 is 0. The van der Waals surface area contributed by atoms with Crippen LogP contribution in [0.1, 0.15) is 25.1 Å². The zero-order chi connectivity index (χ0) is 15.7. The third-order valence-electron chi connectivity index (χ3n) is 4.51. The van der Waals surface area contributed by atoms with Crippen LogP contribution < -0.4 is 5.32 Å². The first-order chi connectivity index (χ1) is 10.4. The monoisotopic (exact) mass is 326 g/mol.